The maximum atomic E-state index is 9.68. The van der Waals surface area contributed by atoms with Gasteiger partial charge in [0.2, 0.25) is 5.79 Å². The van der Waals surface area contributed by atoms with Gasteiger partial charge in [0.15, 0.2) is 0 Å². The van der Waals surface area contributed by atoms with E-state index >= 15 is 0 Å². The molecule has 0 bridgehead atoms. The molecule has 2 saturated heterocycles. The third-order valence-corrected chi connectivity index (χ3v) is 2.54. The molecule has 4 unspecified atom stereocenters. The fourth-order valence-corrected chi connectivity index (χ4v) is 1.66. The largest absolute Gasteiger partial charge is 0.388 e. The van der Waals surface area contributed by atoms with Crippen molar-refractivity contribution in [3.63, 3.8) is 0 Å². The molecule has 2 heterocycles. The fourth-order valence-electron chi connectivity index (χ4n) is 1.66. The molecule has 0 aliphatic carbocycles. The van der Waals surface area contributed by atoms with Gasteiger partial charge in [0.05, 0.1) is 19.8 Å². The zero-order chi connectivity index (χ0) is 10.2. The normalized spacial score (nSPS) is 49.5. The smallest absolute Gasteiger partial charge is 0.221 e. The van der Waals surface area contributed by atoms with E-state index in [0.717, 1.165) is 0 Å². The van der Waals surface area contributed by atoms with Gasteiger partial charge in [-0.2, -0.15) is 0 Å². The molecule has 0 aromatic carbocycles. The standard InChI is InChI=1S/C8H14O6/c9-5-3-14-8(7(11)6(5)10)4-12-1-2-13-8/h5-7,9-11H,1-4H2. The quantitative estimate of drug-likeness (QED) is 0.418. The third-order valence-electron chi connectivity index (χ3n) is 2.54. The summed E-state index contributed by atoms with van der Waals surface area (Å²) in [4.78, 5) is 0. The van der Waals surface area contributed by atoms with Crippen LogP contribution >= 0.6 is 0 Å². The highest BCUT2D eigenvalue weighted by Gasteiger charge is 2.51. The molecule has 3 N–H and O–H groups in total. The van der Waals surface area contributed by atoms with Gasteiger partial charge in [-0.25, -0.2) is 0 Å². The Labute approximate surface area is 81.0 Å². The van der Waals surface area contributed by atoms with Crippen LogP contribution in [0, 0.1) is 0 Å². The molecular formula is C8H14O6. The summed E-state index contributed by atoms with van der Waals surface area (Å²) in [6.45, 7) is 0.746. The lowest BCUT2D eigenvalue weighted by Crippen LogP contribution is -2.65. The van der Waals surface area contributed by atoms with E-state index in [-0.39, 0.29) is 13.2 Å². The topological polar surface area (TPSA) is 88.4 Å². The van der Waals surface area contributed by atoms with Crippen molar-refractivity contribution >= 4 is 0 Å². The molecule has 0 aromatic heterocycles. The predicted octanol–water partition coefficient (Wildman–Crippen LogP) is -2.16. The average Bonchev–Trinajstić information content (AvgIpc) is 2.23. The first-order valence-corrected chi connectivity index (χ1v) is 4.55. The van der Waals surface area contributed by atoms with Crippen molar-refractivity contribution in [2.24, 2.45) is 0 Å². The first kappa shape index (κ1) is 10.3. The molecule has 0 amide bonds. The van der Waals surface area contributed by atoms with Crippen LogP contribution in [0.15, 0.2) is 0 Å². The zero-order valence-electron chi connectivity index (χ0n) is 7.63. The molecule has 6 nitrogen and oxygen atoms in total. The number of ether oxygens (including phenoxy) is 3. The maximum Gasteiger partial charge on any atom is 0.221 e. The van der Waals surface area contributed by atoms with E-state index in [1.807, 2.05) is 0 Å². The second kappa shape index (κ2) is 3.73. The molecule has 4 atom stereocenters. The summed E-state index contributed by atoms with van der Waals surface area (Å²) in [7, 11) is 0. The molecule has 1 spiro atoms. The molecule has 2 aliphatic rings. The molecule has 2 fully saturated rings. The Balaban J connectivity index is 2.11. The Bertz CT molecular complexity index is 202. The summed E-state index contributed by atoms with van der Waals surface area (Å²) < 4.78 is 15.6. The summed E-state index contributed by atoms with van der Waals surface area (Å²) in [5, 5.41) is 28.4. The Morgan fingerprint density at radius 2 is 1.86 bits per heavy atom. The average molecular weight is 206 g/mol. The number of hydrogen-bond donors (Lipinski definition) is 3. The zero-order valence-corrected chi connectivity index (χ0v) is 7.63. The van der Waals surface area contributed by atoms with E-state index in [1.165, 1.54) is 0 Å². The molecule has 0 radical (unpaired) electrons. The molecule has 14 heavy (non-hydrogen) atoms. The lowest BCUT2D eigenvalue weighted by molar-refractivity contribution is -0.370. The van der Waals surface area contributed by atoms with Crippen molar-refractivity contribution < 1.29 is 29.5 Å². The molecular weight excluding hydrogens is 192 g/mol. The Morgan fingerprint density at radius 3 is 2.50 bits per heavy atom. The molecule has 6 heteroatoms. The van der Waals surface area contributed by atoms with Gasteiger partial charge in [-0.1, -0.05) is 0 Å². The van der Waals surface area contributed by atoms with Gasteiger partial charge in [-0.05, 0) is 0 Å². The molecule has 0 aromatic rings. The van der Waals surface area contributed by atoms with Crippen LogP contribution in [0.1, 0.15) is 0 Å². The minimum Gasteiger partial charge on any atom is -0.388 e. The van der Waals surface area contributed by atoms with E-state index in [1.54, 1.807) is 0 Å². The first-order valence-electron chi connectivity index (χ1n) is 4.55. The Kier molecular flexibility index (Phi) is 2.74. The van der Waals surface area contributed by atoms with Gasteiger partial charge in [-0.15, -0.1) is 0 Å². The predicted molar refractivity (Wildman–Crippen MR) is 43.5 cm³/mol. The van der Waals surface area contributed by atoms with Crippen LogP contribution in [0.25, 0.3) is 0 Å². The summed E-state index contributed by atoms with van der Waals surface area (Å²) >= 11 is 0. The molecule has 82 valence electrons. The van der Waals surface area contributed by atoms with Crippen LogP contribution in [-0.4, -0.2) is 65.8 Å². The molecule has 2 aliphatic heterocycles. The minimum atomic E-state index is -1.31. The van der Waals surface area contributed by atoms with Crippen LogP contribution in [0.3, 0.4) is 0 Å². The first-order chi connectivity index (χ1) is 6.66. The Hall–Kier alpha value is -0.240. The van der Waals surface area contributed by atoms with Crippen LogP contribution in [0.5, 0.6) is 0 Å². The van der Waals surface area contributed by atoms with Crippen molar-refractivity contribution in [3.8, 4) is 0 Å². The van der Waals surface area contributed by atoms with E-state index < -0.39 is 24.1 Å². The van der Waals surface area contributed by atoms with Gasteiger partial charge in [-0.3, -0.25) is 0 Å². The Morgan fingerprint density at radius 1 is 1.07 bits per heavy atom. The third kappa shape index (κ3) is 1.54. The molecule has 0 saturated carbocycles. The van der Waals surface area contributed by atoms with Crippen LogP contribution < -0.4 is 0 Å². The van der Waals surface area contributed by atoms with Crippen LogP contribution in [0.4, 0.5) is 0 Å². The van der Waals surface area contributed by atoms with Gasteiger partial charge in [0, 0.05) is 0 Å². The summed E-state index contributed by atoms with van der Waals surface area (Å²) in [5.74, 6) is -1.31. The van der Waals surface area contributed by atoms with Gasteiger partial charge < -0.3 is 29.5 Å². The van der Waals surface area contributed by atoms with Crippen LogP contribution in [0.2, 0.25) is 0 Å². The second-order valence-corrected chi connectivity index (χ2v) is 3.53. The van der Waals surface area contributed by atoms with Gasteiger partial charge in [0.25, 0.3) is 0 Å². The van der Waals surface area contributed by atoms with E-state index in [9.17, 15) is 15.3 Å². The number of hydrogen-bond acceptors (Lipinski definition) is 6. The van der Waals surface area contributed by atoms with Crippen molar-refractivity contribution in [1.82, 2.24) is 0 Å². The van der Waals surface area contributed by atoms with E-state index in [0.29, 0.717) is 13.2 Å². The van der Waals surface area contributed by atoms with Crippen molar-refractivity contribution in [2.45, 2.75) is 24.1 Å². The summed E-state index contributed by atoms with van der Waals surface area (Å²) in [5.41, 5.74) is 0. The van der Waals surface area contributed by atoms with E-state index in [2.05, 4.69) is 0 Å². The number of aliphatic hydroxyl groups is 3. The number of aliphatic hydroxyl groups excluding tert-OH is 3. The highest BCUT2D eigenvalue weighted by Crippen LogP contribution is 2.29. The van der Waals surface area contributed by atoms with Crippen LogP contribution in [-0.2, 0) is 14.2 Å². The monoisotopic (exact) mass is 206 g/mol. The van der Waals surface area contributed by atoms with E-state index in [4.69, 9.17) is 14.2 Å². The molecule has 2 rings (SSSR count). The summed E-state index contributed by atoms with van der Waals surface area (Å²) in [6.07, 6.45) is -3.63. The van der Waals surface area contributed by atoms with Crippen molar-refractivity contribution in [3.05, 3.63) is 0 Å². The highest BCUT2D eigenvalue weighted by atomic mass is 16.7. The van der Waals surface area contributed by atoms with Crippen molar-refractivity contribution in [1.29, 1.82) is 0 Å². The summed E-state index contributed by atoms with van der Waals surface area (Å²) in [6, 6.07) is 0. The minimum absolute atomic E-state index is 0.0674. The lowest BCUT2D eigenvalue weighted by Gasteiger charge is -2.46. The van der Waals surface area contributed by atoms with Gasteiger partial charge >= 0.3 is 0 Å². The van der Waals surface area contributed by atoms with Crippen molar-refractivity contribution in [2.75, 3.05) is 26.4 Å². The number of rotatable bonds is 0. The van der Waals surface area contributed by atoms with Gasteiger partial charge in [0.1, 0.15) is 24.9 Å². The maximum absolute atomic E-state index is 9.68. The second-order valence-electron chi connectivity index (χ2n) is 3.53. The highest BCUT2D eigenvalue weighted by molar-refractivity contribution is 4.93. The lowest BCUT2D eigenvalue weighted by atomic mass is 9.97. The SMILES string of the molecule is OC1COC2(COCCO2)C(O)C1O. The fraction of sp³-hybridized carbons (Fsp3) is 1.00.